The zero-order chi connectivity index (χ0) is 25.8. The van der Waals surface area contributed by atoms with Gasteiger partial charge in [-0.25, -0.2) is 0 Å². The largest absolute Gasteiger partial charge is 0.352 e. The zero-order valence-electron chi connectivity index (χ0n) is 24.5. The van der Waals surface area contributed by atoms with Crippen LogP contribution in [-0.4, -0.2) is 32.6 Å². The van der Waals surface area contributed by atoms with E-state index in [1.807, 2.05) is 0 Å². The molecule has 2 atom stereocenters. The lowest BCUT2D eigenvalue weighted by Crippen LogP contribution is -2.39. The second-order valence-electron chi connectivity index (χ2n) is 10.9. The number of rotatable bonds is 26. The van der Waals surface area contributed by atoms with Gasteiger partial charge in [-0.05, 0) is 64.3 Å². The summed E-state index contributed by atoms with van der Waals surface area (Å²) in [6.07, 6.45) is 36.6. The molecule has 1 fully saturated rings. The lowest BCUT2D eigenvalue weighted by atomic mass is 9.99. The molecule has 1 aliphatic heterocycles. The SMILES string of the molecule is CCCCCC=CCC=CCCCCCCCCOC(OCCCCCCCCC)C1CCCNC1. The molecule has 2 unspecified atom stereocenters. The summed E-state index contributed by atoms with van der Waals surface area (Å²) in [7, 11) is 0. The summed E-state index contributed by atoms with van der Waals surface area (Å²) in [5.41, 5.74) is 0. The van der Waals surface area contributed by atoms with Crippen molar-refractivity contribution in [3.8, 4) is 0 Å². The van der Waals surface area contributed by atoms with Crippen LogP contribution < -0.4 is 5.32 Å². The van der Waals surface area contributed by atoms with Crippen molar-refractivity contribution in [1.82, 2.24) is 5.32 Å². The van der Waals surface area contributed by atoms with Gasteiger partial charge in [0.2, 0.25) is 0 Å². The van der Waals surface area contributed by atoms with Gasteiger partial charge in [0, 0.05) is 25.7 Å². The van der Waals surface area contributed by atoms with Crippen molar-refractivity contribution >= 4 is 0 Å². The van der Waals surface area contributed by atoms with Gasteiger partial charge in [-0.3, -0.25) is 0 Å². The van der Waals surface area contributed by atoms with Crippen molar-refractivity contribution in [1.29, 1.82) is 0 Å². The highest BCUT2D eigenvalue weighted by atomic mass is 16.7. The van der Waals surface area contributed by atoms with Gasteiger partial charge in [0.15, 0.2) is 6.29 Å². The standard InChI is InChI=1S/C33H63NO2/c1-3-5-7-9-11-12-13-14-15-16-17-18-19-21-23-25-30-36-33(32-27-26-28-34-31-32)35-29-24-22-20-10-8-6-4-2/h11-12,14-15,32-34H,3-10,13,16-31H2,1-2H3. The summed E-state index contributed by atoms with van der Waals surface area (Å²) in [5.74, 6) is 0.521. The number of hydrogen-bond acceptors (Lipinski definition) is 3. The molecule has 36 heavy (non-hydrogen) atoms. The first-order chi connectivity index (χ1) is 17.9. The van der Waals surface area contributed by atoms with Crippen LogP contribution in [-0.2, 0) is 9.47 Å². The van der Waals surface area contributed by atoms with E-state index in [9.17, 15) is 0 Å². The highest BCUT2D eigenvalue weighted by molar-refractivity contribution is 4.92. The number of nitrogens with one attached hydrogen (secondary N) is 1. The minimum Gasteiger partial charge on any atom is -0.352 e. The van der Waals surface area contributed by atoms with E-state index in [1.165, 1.54) is 128 Å². The highest BCUT2D eigenvalue weighted by Gasteiger charge is 2.24. The molecular formula is C33H63NO2. The molecule has 1 rings (SSSR count). The van der Waals surface area contributed by atoms with Gasteiger partial charge in [-0.1, -0.05) is 115 Å². The molecule has 0 aliphatic carbocycles. The van der Waals surface area contributed by atoms with Gasteiger partial charge in [0.05, 0.1) is 0 Å². The van der Waals surface area contributed by atoms with Crippen LogP contribution in [0, 0.1) is 5.92 Å². The van der Waals surface area contributed by atoms with E-state index >= 15 is 0 Å². The molecule has 0 aromatic rings. The lowest BCUT2D eigenvalue weighted by molar-refractivity contribution is -0.176. The summed E-state index contributed by atoms with van der Waals surface area (Å²) < 4.78 is 12.5. The minimum absolute atomic E-state index is 0.00383. The third-order valence-electron chi connectivity index (χ3n) is 7.38. The second kappa shape index (κ2) is 27.4. The first kappa shape index (κ1) is 33.4. The predicted molar refractivity (Wildman–Crippen MR) is 159 cm³/mol. The molecule has 0 aromatic heterocycles. The molecule has 1 saturated heterocycles. The summed E-state index contributed by atoms with van der Waals surface area (Å²) in [4.78, 5) is 0. The number of piperidine rings is 1. The van der Waals surface area contributed by atoms with Crippen LogP contribution in [0.1, 0.15) is 149 Å². The summed E-state index contributed by atoms with van der Waals surface area (Å²) >= 11 is 0. The molecular weight excluding hydrogens is 442 g/mol. The lowest BCUT2D eigenvalue weighted by Gasteiger charge is -2.30. The molecule has 0 saturated carbocycles. The van der Waals surface area contributed by atoms with E-state index in [0.717, 1.165) is 32.7 Å². The second-order valence-corrected chi connectivity index (χ2v) is 10.9. The van der Waals surface area contributed by atoms with Crippen molar-refractivity contribution in [3.63, 3.8) is 0 Å². The van der Waals surface area contributed by atoms with Gasteiger partial charge in [0.1, 0.15) is 0 Å². The van der Waals surface area contributed by atoms with Crippen LogP contribution >= 0.6 is 0 Å². The first-order valence-electron chi connectivity index (χ1n) is 16.1. The molecule has 0 spiro atoms. The van der Waals surface area contributed by atoms with Crippen LogP contribution in [0.25, 0.3) is 0 Å². The minimum atomic E-state index is -0.00383. The Labute approximate surface area is 226 Å². The van der Waals surface area contributed by atoms with Crippen LogP contribution in [0.5, 0.6) is 0 Å². The maximum atomic E-state index is 6.28. The van der Waals surface area contributed by atoms with E-state index < -0.39 is 0 Å². The van der Waals surface area contributed by atoms with E-state index in [1.54, 1.807) is 0 Å². The molecule has 0 bridgehead atoms. The topological polar surface area (TPSA) is 30.5 Å². The molecule has 0 radical (unpaired) electrons. The third-order valence-corrected chi connectivity index (χ3v) is 7.38. The molecule has 0 aromatic carbocycles. The number of ether oxygens (including phenoxy) is 2. The fourth-order valence-corrected chi connectivity index (χ4v) is 4.98. The maximum absolute atomic E-state index is 6.28. The van der Waals surface area contributed by atoms with Gasteiger partial charge in [-0.2, -0.15) is 0 Å². The van der Waals surface area contributed by atoms with Crippen LogP contribution in [0.4, 0.5) is 0 Å². The van der Waals surface area contributed by atoms with Crippen LogP contribution in [0.3, 0.4) is 0 Å². The Kier molecular flexibility index (Phi) is 25.4. The van der Waals surface area contributed by atoms with Crippen molar-refractivity contribution < 1.29 is 9.47 Å². The number of allylic oxidation sites excluding steroid dienone is 4. The number of hydrogen-bond donors (Lipinski definition) is 1. The quantitative estimate of drug-likeness (QED) is 0.0720. The molecule has 3 nitrogen and oxygen atoms in total. The Bertz CT molecular complexity index is 484. The average molecular weight is 506 g/mol. The van der Waals surface area contributed by atoms with E-state index in [2.05, 4.69) is 43.5 Å². The molecule has 0 amide bonds. The Morgan fingerprint density at radius 2 is 1.14 bits per heavy atom. The summed E-state index contributed by atoms with van der Waals surface area (Å²) in [5, 5.41) is 3.54. The van der Waals surface area contributed by atoms with Crippen molar-refractivity contribution in [3.05, 3.63) is 24.3 Å². The van der Waals surface area contributed by atoms with Crippen molar-refractivity contribution in [2.45, 2.75) is 155 Å². The zero-order valence-corrected chi connectivity index (χ0v) is 24.5. The summed E-state index contributed by atoms with van der Waals surface area (Å²) in [6.45, 7) is 8.45. The van der Waals surface area contributed by atoms with Crippen molar-refractivity contribution in [2.75, 3.05) is 26.3 Å². The fraction of sp³-hybridized carbons (Fsp3) is 0.879. The highest BCUT2D eigenvalue weighted by Crippen LogP contribution is 2.20. The van der Waals surface area contributed by atoms with Gasteiger partial charge in [0.25, 0.3) is 0 Å². The first-order valence-corrected chi connectivity index (χ1v) is 16.1. The monoisotopic (exact) mass is 505 g/mol. The Morgan fingerprint density at radius 3 is 1.69 bits per heavy atom. The van der Waals surface area contributed by atoms with Gasteiger partial charge in [-0.15, -0.1) is 0 Å². The van der Waals surface area contributed by atoms with E-state index in [-0.39, 0.29) is 6.29 Å². The molecule has 3 heteroatoms. The van der Waals surface area contributed by atoms with Crippen molar-refractivity contribution in [2.24, 2.45) is 5.92 Å². The maximum Gasteiger partial charge on any atom is 0.161 e. The molecule has 212 valence electrons. The molecule has 1 heterocycles. The Balaban J connectivity index is 2.00. The van der Waals surface area contributed by atoms with Gasteiger partial charge >= 0.3 is 0 Å². The third kappa shape index (κ3) is 21.4. The normalized spacial score (nSPS) is 17.4. The molecule has 1 aliphatic rings. The average Bonchev–Trinajstić information content (AvgIpc) is 2.91. The fourth-order valence-electron chi connectivity index (χ4n) is 4.98. The predicted octanol–water partition coefficient (Wildman–Crippen LogP) is 9.91. The van der Waals surface area contributed by atoms with Crippen LogP contribution in [0.2, 0.25) is 0 Å². The smallest absolute Gasteiger partial charge is 0.161 e. The van der Waals surface area contributed by atoms with E-state index in [0.29, 0.717) is 5.92 Å². The van der Waals surface area contributed by atoms with Gasteiger partial charge < -0.3 is 14.8 Å². The summed E-state index contributed by atoms with van der Waals surface area (Å²) in [6, 6.07) is 0. The Hall–Kier alpha value is -0.640. The van der Waals surface area contributed by atoms with E-state index in [4.69, 9.17) is 9.47 Å². The van der Waals surface area contributed by atoms with Crippen LogP contribution in [0.15, 0.2) is 24.3 Å². The Morgan fingerprint density at radius 1 is 0.639 bits per heavy atom. The number of unbranched alkanes of at least 4 members (excludes halogenated alkanes) is 15. The molecule has 1 N–H and O–H groups in total.